The molecule has 162 valence electrons. The Hall–Kier alpha value is -3.84. The quantitative estimate of drug-likeness (QED) is 0.628. The fourth-order valence-electron chi connectivity index (χ4n) is 4.33. The van der Waals surface area contributed by atoms with Gasteiger partial charge in [-0.05, 0) is 36.4 Å². The number of nitrogens with zero attached hydrogens (tertiary/aromatic N) is 3. The maximum Gasteiger partial charge on any atom is 0.285 e. The van der Waals surface area contributed by atoms with Crippen LogP contribution in [-0.4, -0.2) is 54.3 Å². The van der Waals surface area contributed by atoms with Gasteiger partial charge in [0.15, 0.2) is 0 Å². The molecule has 2 aliphatic rings. The molecule has 7 nitrogen and oxygen atoms in total. The summed E-state index contributed by atoms with van der Waals surface area (Å²) in [6, 6.07) is 23.8. The second-order valence-electron chi connectivity index (χ2n) is 7.89. The summed E-state index contributed by atoms with van der Waals surface area (Å²) >= 11 is 0. The minimum absolute atomic E-state index is 0.143. The first-order valence-corrected chi connectivity index (χ1v) is 10.6. The van der Waals surface area contributed by atoms with Gasteiger partial charge in [0, 0.05) is 37.1 Å². The van der Waals surface area contributed by atoms with Gasteiger partial charge >= 0.3 is 0 Å². The van der Waals surface area contributed by atoms with Crippen molar-refractivity contribution in [2.24, 2.45) is 0 Å². The van der Waals surface area contributed by atoms with Crippen LogP contribution in [0.15, 0.2) is 78.9 Å². The largest absolute Gasteiger partial charge is 0.508 e. The van der Waals surface area contributed by atoms with Crippen LogP contribution in [0, 0.1) is 0 Å². The number of para-hydroxylation sites is 1. The molecule has 1 N–H and O–H groups in total. The molecule has 0 aromatic heterocycles. The van der Waals surface area contributed by atoms with Crippen molar-refractivity contribution in [2.75, 3.05) is 36.0 Å². The maximum absolute atomic E-state index is 12.7. The molecule has 1 atom stereocenters. The summed E-state index contributed by atoms with van der Waals surface area (Å²) in [6.45, 7) is 2.28. The zero-order valence-corrected chi connectivity index (χ0v) is 17.4. The Morgan fingerprint density at radius 1 is 0.812 bits per heavy atom. The SMILES string of the molecule is O=C1c2ccccc2C(=O)N1OCC1CN(c2ccccc2)CCN1c1cccc(O)c1. The predicted octanol–water partition coefficient (Wildman–Crippen LogP) is 3.32. The highest BCUT2D eigenvalue weighted by Crippen LogP contribution is 2.28. The van der Waals surface area contributed by atoms with Crippen molar-refractivity contribution in [3.05, 3.63) is 90.0 Å². The first-order chi connectivity index (χ1) is 15.6. The molecule has 32 heavy (non-hydrogen) atoms. The number of hydroxylamine groups is 2. The first-order valence-electron chi connectivity index (χ1n) is 10.6. The topological polar surface area (TPSA) is 73.3 Å². The summed E-state index contributed by atoms with van der Waals surface area (Å²) in [6.07, 6.45) is 0. The molecule has 2 heterocycles. The van der Waals surface area contributed by atoms with Crippen LogP contribution in [-0.2, 0) is 4.84 Å². The lowest BCUT2D eigenvalue weighted by Crippen LogP contribution is -2.56. The van der Waals surface area contributed by atoms with Crippen molar-refractivity contribution in [1.82, 2.24) is 5.06 Å². The normalized spacial score (nSPS) is 18.2. The Morgan fingerprint density at radius 2 is 1.47 bits per heavy atom. The highest BCUT2D eigenvalue weighted by atomic mass is 16.7. The molecule has 1 unspecified atom stereocenters. The molecule has 0 radical (unpaired) electrons. The van der Waals surface area contributed by atoms with Gasteiger partial charge in [0.05, 0.1) is 23.8 Å². The van der Waals surface area contributed by atoms with Crippen LogP contribution in [0.4, 0.5) is 11.4 Å². The number of imide groups is 1. The zero-order chi connectivity index (χ0) is 22.1. The Kier molecular flexibility index (Phi) is 5.25. The number of hydrogen-bond acceptors (Lipinski definition) is 6. The molecular formula is C25H23N3O4. The summed E-state index contributed by atoms with van der Waals surface area (Å²) in [5.41, 5.74) is 2.69. The summed E-state index contributed by atoms with van der Waals surface area (Å²) in [5.74, 6) is -0.691. The fourth-order valence-corrected chi connectivity index (χ4v) is 4.33. The van der Waals surface area contributed by atoms with Crippen LogP contribution in [0.3, 0.4) is 0 Å². The third kappa shape index (κ3) is 3.67. The lowest BCUT2D eigenvalue weighted by Gasteiger charge is -2.43. The van der Waals surface area contributed by atoms with E-state index in [1.807, 2.05) is 24.3 Å². The predicted molar refractivity (Wildman–Crippen MR) is 121 cm³/mol. The van der Waals surface area contributed by atoms with Crippen LogP contribution in [0.1, 0.15) is 20.7 Å². The molecule has 7 heteroatoms. The maximum atomic E-state index is 12.7. The van der Waals surface area contributed by atoms with E-state index < -0.39 is 11.8 Å². The molecule has 1 saturated heterocycles. The van der Waals surface area contributed by atoms with Gasteiger partial charge in [0.1, 0.15) is 5.75 Å². The molecule has 0 aliphatic carbocycles. The average Bonchev–Trinajstić information content (AvgIpc) is 3.08. The van der Waals surface area contributed by atoms with Gasteiger partial charge in [0.25, 0.3) is 11.8 Å². The van der Waals surface area contributed by atoms with Crippen molar-refractivity contribution in [2.45, 2.75) is 6.04 Å². The molecule has 0 saturated carbocycles. The Balaban J connectivity index is 1.37. The van der Waals surface area contributed by atoms with E-state index in [1.165, 1.54) is 0 Å². The van der Waals surface area contributed by atoms with Crippen LogP contribution in [0.5, 0.6) is 5.75 Å². The van der Waals surface area contributed by atoms with E-state index >= 15 is 0 Å². The van der Waals surface area contributed by atoms with Gasteiger partial charge in [-0.15, -0.1) is 5.06 Å². The lowest BCUT2D eigenvalue weighted by atomic mass is 10.1. The smallest absolute Gasteiger partial charge is 0.285 e. The monoisotopic (exact) mass is 429 g/mol. The van der Waals surface area contributed by atoms with E-state index in [0.29, 0.717) is 24.2 Å². The molecular weight excluding hydrogens is 406 g/mol. The molecule has 2 aliphatic heterocycles. The Morgan fingerprint density at radius 3 is 2.16 bits per heavy atom. The van der Waals surface area contributed by atoms with Gasteiger partial charge in [0.2, 0.25) is 0 Å². The molecule has 2 amide bonds. The van der Waals surface area contributed by atoms with E-state index in [2.05, 4.69) is 21.9 Å². The number of phenols is 1. The number of amides is 2. The van der Waals surface area contributed by atoms with Crippen molar-refractivity contribution in [3.8, 4) is 5.75 Å². The highest BCUT2D eigenvalue weighted by molar-refractivity contribution is 6.20. The lowest BCUT2D eigenvalue weighted by molar-refractivity contribution is -0.0956. The van der Waals surface area contributed by atoms with Gasteiger partial charge in [-0.3, -0.25) is 14.4 Å². The number of phenolic OH excluding ortho intramolecular Hbond substituents is 1. The standard InChI is InChI=1S/C25H23N3O4/c29-21-10-6-9-19(15-21)27-14-13-26(18-7-2-1-3-8-18)16-20(27)17-32-28-24(30)22-11-4-5-12-23(22)25(28)31/h1-12,15,20,29H,13-14,16-17H2. The minimum atomic E-state index is -0.440. The number of piperazine rings is 1. The zero-order valence-electron chi connectivity index (χ0n) is 17.4. The molecule has 3 aromatic rings. The van der Waals surface area contributed by atoms with E-state index in [-0.39, 0.29) is 18.4 Å². The van der Waals surface area contributed by atoms with E-state index in [9.17, 15) is 14.7 Å². The van der Waals surface area contributed by atoms with Gasteiger partial charge in [-0.25, -0.2) is 0 Å². The molecule has 0 spiro atoms. The van der Waals surface area contributed by atoms with E-state index in [4.69, 9.17) is 4.84 Å². The second kappa shape index (κ2) is 8.36. The van der Waals surface area contributed by atoms with Crippen molar-refractivity contribution < 1.29 is 19.5 Å². The van der Waals surface area contributed by atoms with Crippen LogP contribution in [0.25, 0.3) is 0 Å². The van der Waals surface area contributed by atoms with E-state index in [0.717, 1.165) is 23.0 Å². The Bertz CT molecular complexity index is 1120. The number of benzene rings is 3. The molecule has 3 aromatic carbocycles. The summed E-state index contributed by atoms with van der Waals surface area (Å²) in [5, 5.41) is 10.8. The summed E-state index contributed by atoms with van der Waals surface area (Å²) in [4.78, 5) is 35.6. The number of aromatic hydroxyl groups is 1. The van der Waals surface area contributed by atoms with Gasteiger partial charge < -0.3 is 14.9 Å². The summed E-state index contributed by atoms with van der Waals surface area (Å²) < 4.78 is 0. The second-order valence-corrected chi connectivity index (χ2v) is 7.89. The summed E-state index contributed by atoms with van der Waals surface area (Å²) in [7, 11) is 0. The van der Waals surface area contributed by atoms with Crippen molar-refractivity contribution >= 4 is 23.2 Å². The van der Waals surface area contributed by atoms with Gasteiger partial charge in [-0.2, -0.15) is 0 Å². The number of anilines is 2. The number of hydrogen-bond donors (Lipinski definition) is 1. The number of carbonyl (C=O) groups excluding carboxylic acids is 2. The minimum Gasteiger partial charge on any atom is -0.508 e. The van der Waals surface area contributed by atoms with Crippen LogP contribution < -0.4 is 9.80 Å². The molecule has 5 rings (SSSR count). The third-order valence-electron chi connectivity index (χ3n) is 5.92. The first kappa shape index (κ1) is 20.1. The number of fused-ring (bicyclic) bond motifs is 1. The van der Waals surface area contributed by atoms with Crippen molar-refractivity contribution in [1.29, 1.82) is 0 Å². The van der Waals surface area contributed by atoms with Crippen LogP contribution >= 0.6 is 0 Å². The average molecular weight is 429 g/mol. The fraction of sp³-hybridized carbons (Fsp3) is 0.200. The number of carbonyl (C=O) groups is 2. The van der Waals surface area contributed by atoms with Gasteiger partial charge in [-0.1, -0.05) is 36.4 Å². The third-order valence-corrected chi connectivity index (χ3v) is 5.92. The number of rotatable bonds is 5. The highest BCUT2D eigenvalue weighted by Gasteiger charge is 2.38. The molecule has 0 bridgehead atoms. The van der Waals surface area contributed by atoms with Crippen LogP contribution in [0.2, 0.25) is 0 Å². The van der Waals surface area contributed by atoms with Crippen molar-refractivity contribution in [3.63, 3.8) is 0 Å². The molecule has 1 fully saturated rings. The van der Waals surface area contributed by atoms with E-state index in [1.54, 1.807) is 42.5 Å². The Labute approximate surface area is 186 Å².